The molecule has 0 aliphatic carbocycles. The topological polar surface area (TPSA) is 82.2 Å². The van der Waals surface area contributed by atoms with Gasteiger partial charge in [-0.2, -0.15) is 0 Å². The number of benzene rings is 1. The maximum atomic E-state index is 11.7. The maximum Gasteiger partial charge on any atom is 0.322 e. The molecule has 5 heteroatoms. The number of rotatable bonds is 3. The summed E-state index contributed by atoms with van der Waals surface area (Å²) in [6.45, 7) is -0.375. The van der Waals surface area contributed by atoms with Crippen LogP contribution < -0.4 is 5.32 Å². The Balaban J connectivity index is 2.29. The molecule has 1 aromatic carbocycles. The van der Waals surface area contributed by atoms with Gasteiger partial charge in [0.05, 0.1) is 0 Å². The van der Waals surface area contributed by atoms with E-state index in [0.717, 1.165) is 10.9 Å². The largest absolute Gasteiger partial charge is 0.480 e. The number of carbonyl (C=O) groups is 2. The number of aromatic nitrogens is 1. The van der Waals surface area contributed by atoms with E-state index in [1.54, 1.807) is 24.4 Å². The van der Waals surface area contributed by atoms with Crippen molar-refractivity contribution in [3.05, 3.63) is 36.0 Å². The smallest absolute Gasteiger partial charge is 0.322 e. The van der Waals surface area contributed by atoms with Gasteiger partial charge < -0.3 is 15.4 Å². The molecule has 3 N–H and O–H groups in total. The zero-order valence-electron chi connectivity index (χ0n) is 8.36. The molecule has 0 spiro atoms. The van der Waals surface area contributed by atoms with Crippen molar-refractivity contribution in [2.24, 2.45) is 0 Å². The molecule has 2 rings (SSSR count). The van der Waals surface area contributed by atoms with Gasteiger partial charge in [-0.1, -0.05) is 6.07 Å². The molecule has 0 saturated heterocycles. The average molecular weight is 218 g/mol. The standard InChI is InChI=1S/C11H10N2O3/c14-10(15)6-13-11(16)8-2-1-3-9-7(8)4-5-12-9/h1-5,12H,6H2,(H,13,16)(H,14,15). The predicted molar refractivity (Wildman–Crippen MR) is 58.3 cm³/mol. The monoisotopic (exact) mass is 218 g/mol. The van der Waals surface area contributed by atoms with Crippen molar-refractivity contribution in [3.8, 4) is 0 Å². The van der Waals surface area contributed by atoms with Gasteiger partial charge in [0.1, 0.15) is 6.54 Å². The molecule has 2 aromatic rings. The number of nitrogens with one attached hydrogen (secondary N) is 2. The highest BCUT2D eigenvalue weighted by Gasteiger charge is 2.10. The van der Waals surface area contributed by atoms with E-state index in [2.05, 4.69) is 10.3 Å². The Morgan fingerprint density at radius 3 is 2.88 bits per heavy atom. The van der Waals surface area contributed by atoms with Crippen LogP contribution in [0.3, 0.4) is 0 Å². The number of amides is 1. The summed E-state index contributed by atoms with van der Waals surface area (Å²) in [4.78, 5) is 25.0. The van der Waals surface area contributed by atoms with Crippen molar-refractivity contribution < 1.29 is 14.7 Å². The van der Waals surface area contributed by atoms with Crippen molar-refractivity contribution in [2.75, 3.05) is 6.54 Å². The molecular weight excluding hydrogens is 208 g/mol. The molecule has 1 aromatic heterocycles. The Labute approximate surface area is 91.1 Å². The lowest BCUT2D eigenvalue weighted by Gasteiger charge is -2.03. The highest BCUT2D eigenvalue weighted by Crippen LogP contribution is 2.16. The molecule has 0 aliphatic heterocycles. The van der Waals surface area contributed by atoms with E-state index in [1.165, 1.54) is 0 Å². The molecule has 16 heavy (non-hydrogen) atoms. The minimum atomic E-state index is -1.06. The fourth-order valence-electron chi connectivity index (χ4n) is 1.53. The molecule has 0 saturated carbocycles. The zero-order valence-corrected chi connectivity index (χ0v) is 8.36. The number of hydrogen-bond donors (Lipinski definition) is 3. The highest BCUT2D eigenvalue weighted by atomic mass is 16.4. The van der Waals surface area contributed by atoms with Crippen LogP contribution in [-0.2, 0) is 4.79 Å². The Bertz CT molecular complexity index is 545. The molecule has 1 heterocycles. The molecule has 0 bridgehead atoms. The van der Waals surface area contributed by atoms with Crippen molar-refractivity contribution in [3.63, 3.8) is 0 Å². The van der Waals surface area contributed by atoms with Gasteiger partial charge in [-0.05, 0) is 18.2 Å². The van der Waals surface area contributed by atoms with Crippen LogP contribution in [0, 0.1) is 0 Å². The first-order chi connectivity index (χ1) is 7.68. The summed E-state index contributed by atoms with van der Waals surface area (Å²) < 4.78 is 0. The summed E-state index contributed by atoms with van der Waals surface area (Å²) in [5, 5.41) is 11.6. The lowest BCUT2D eigenvalue weighted by molar-refractivity contribution is -0.135. The van der Waals surface area contributed by atoms with Gasteiger partial charge in [0.2, 0.25) is 0 Å². The third-order valence-electron chi connectivity index (χ3n) is 2.24. The van der Waals surface area contributed by atoms with Crippen molar-refractivity contribution in [1.82, 2.24) is 10.3 Å². The number of carbonyl (C=O) groups excluding carboxylic acids is 1. The third-order valence-corrected chi connectivity index (χ3v) is 2.24. The SMILES string of the molecule is O=C(O)CNC(=O)c1cccc2[nH]ccc12. The van der Waals surface area contributed by atoms with Gasteiger partial charge in [0.15, 0.2) is 0 Å². The molecule has 5 nitrogen and oxygen atoms in total. The van der Waals surface area contributed by atoms with Crippen LogP contribution >= 0.6 is 0 Å². The van der Waals surface area contributed by atoms with Crippen molar-refractivity contribution >= 4 is 22.8 Å². The number of hydrogen-bond acceptors (Lipinski definition) is 2. The first-order valence-electron chi connectivity index (χ1n) is 4.74. The summed E-state index contributed by atoms with van der Waals surface area (Å²) in [6.07, 6.45) is 1.73. The summed E-state index contributed by atoms with van der Waals surface area (Å²) >= 11 is 0. The van der Waals surface area contributed by atoms with Gasteiger partial charge >= 0.3 is 5.97 Å². The molecule has 82 valence electrons. The fraction of sp³-hybridized carbons (Fsp3) is 0.0909. The zero-order chi connectivity index (χ0) is 11.5. The van der Waals surface area contributed by atoms with Gasteiger partial charge in [-0.25, -0.2) is 0 Å². The number of H-pyrrole nitrogens is 1. The number of carboxylic acids is 1. The Kier molecular flexibility index (Phi) is 2.59. The molecule has 0 radical (unpaired) electrons. The summed E-state index contributed by atoms with van der Waals surface area (Å²) in [7, 11) is 0. The Morgan fingerprint density at radius 2 is 2.12 bits per heavy atom. The van der Waals surface area contributed by atoms with Gasteiger partial charge in [-0.15, -0.1) is 0 Å². The van der Waals surface area contributed by atoms with Crippen LogP contribution in [0.15, 0.2) is 30.5 Å². The number of fused-ring (bicyclic) bond motifs is 1. The van der Waals surface area contributed by atoms with Crippen LogP contribution in [0.25, 0.3) is 10.9 Å². The second kappa shape index (κ2) is 4.06. The summed E-state index contributed by atoms with van der Waals surface area (Å²) in [5.74, 6) is -1.44. The number of aliphatic carboxylic acids is 1. The minimum Gasteiger partial charge on any atom is -0.480 e. The second-order valence-corrected chi connectivity index (χ2v) is 3.32. The maximum absolute atomic E-state index is 11.7. The molecular formula is C11H10N2O3. The van der Waals surface area contributed by atoms with Crippen molar-refractivity contribution in [1.29, 1.82) is 0 Å². The molecule has 0 aliphatic rings. The van der Waals surface area contributed by atoms with Crippen LogP contribution in [0.4, 0.5) is 0 Å². The second-order valence-electron chi connectivity index (χ2n) is 3.32. The lowest BCUT2D eigenvalue weighted by atomic mass is 10.1. The first kappa shape index (κ1) is 10.2. The van der Waals surface area contributed by atoms with Gasteiger partial charge in [0.25, 0.3) is 5.91 Å². The third kappa shape index (κ3) is 1.88. The summed E-state index contributed by atoms with van der Waals surface area (Å²) in [6, 6.07) is 7.04. The van der Waals surface area contributed by atoms with Crippen molar-refractivity contribution in [2.45, 2.75) is 0 Å². The van der Waals surface area contributed by atoms with Gasteiger partial charge in [0, 0.05) is 22.7 Å². The number of carboxylic acid groups (broad SMARTS) is 1. The van der Waals surface area contributed by atoms with E-state index in [1.807, 2.05) is 6.07 Å². The quantitative estimate of drug-likeness (QED) is 0.718. The predicted octanol–water partition coefficient (Wildman–Crippen LogP) is 0.982. The molecule has 0 unspecified atom stereocenters. The van der Waals surface area contributed by atoms with Gasteiger partial charge in [-0.3, -0.25) is 9.59 Å². The Hall–Kier alpha value is -2.30. The first-order valence-corrected chi connectivity index (χ1v) is 4.74. The van der Waals surface area contributed by atoms with Crippen LogP contribution in [0.5, 0.6) is 0 Å². The highest BCUT2D eigenvalue weighted by molar-refractivity contribution is 6.06. The lowest BCUT2D eigenvalue weighted by Crippen LogP contribution is -2.29. The van der Waals surface area contributed by atoms with E-state index in [9.17, 15) is 9.59 Å². The van der Waals surface area contributed by atoms with E-state index >= 15 is 0 Å². The van der Waals surface area contributed by atoms with E-state index in [0.29, 0.717) is 5.56 Å². The number of aromatic amines is 1. The van der Waals surface area contributed by atoms with Crippen LogP contribution in [-0.4, -0.2) is 28.5 Å². The minimum absolute atomic E-state index is 0.375. The summed E-state index contributed by atoms with van der Waals surface area (Å²) in [5.41, 5.74) is 1.32. The molecule has 1 amide bonds. The average Bonchev–Trinajstić information content (AvgIpc) is 2.73. The molecule has 0 fully saturated rings. The molecule has 0 atom stereocenters. The van der Waals surface area contributed by atoms with E-state index < -0.39 is 5.97 Å². The fourth-order valence-corrected chi connectivity index (χ4v) is 1.53. The van der Waals surface area contributed by atoms with E-state index in [-0.39, 0.29) is 12.5 Å². The normalized spacial score (nSPS) is 10.2. The van der Waals surface area contributed by atoms with Crippen LogP contribution in [0.2, 0.25) is 0 Å². The Morgan fingerprint density at radius 1 is 1.31 bits per heavy atom. The van der Waals surface area contributed by atoms with Crippen LogP contribution in [0.1, 0.15) is 10.4 Å². The van der Waals surface area contributed by atoms with E-state index in [4.69, 9.17) is 5.11 Å².